The van der Waals surface area contributed by atoms with Gasteiger partial charge < -0.3 is 79.5 Å². The van der Waals surface area contributed by atoms with Gasteiger partial charge >= 0.3 is 0 Å². The van der Waals surface area contributed by atoms with Gasteiger partial charge in [0, 0.05) is 17.7 Å². The zero-order valence-electron chi connectivity index (χ0n) is 22.4. The fourth-order valence-corrected chi connectivity index (χ4v) is 4.87. The minimum Gasteiger partial charge on any atom is -0.507 e. The summed E-state index contributed by atoms with van der Waals surface area (Å²) < 4.78 is 27.6. The molecule has 0 bridgehead atoms. The first-order chi connectivity index (χ1) is 20.9. The van der Waals surface area contributed by atoms with Gasteiger partial charge in [-0.3, -0.25) is 4.79 Å². The molecule has 2 aromatic carbocycles. The number of phenols is 3. The lowest BCUT2D eigenvalue weighted by Gasteiger charge is -2.39. The van der Waals surface area contributed by atoms with Gasteiger partial charge in [0.1, 0.15) is 71.3 Å². The lowest BCUT2D eigenvalue weighted by molar-refractivity contribution is -0.277. The van der Waals surface area contributed by atoms with E-state index in [9.17, 15) is 61.0 Å². The molecule has 10 atom stereocenters. The smallest absolute Gasteiger partial charge is 0.239 e. The van der Waals surface area contributed by atoms with Crippen molar-refractivity contribution in [1.29, 1.82) is 0 Å². The van der Waals surface area contributed by atoms with Crippen LogP contribution in [0.1, 0.15) is 0 Å². The van der Waals surface area contributed by atoms with Crippen LogP contribution < -0.4 is 14.9 Å². The van der Waals surface area contributed by atoms with Gasteiger partial charge in [-0.05, 0) is 18.2 Å². The van der Waals surface area contributed by atoms with E-state index < -0.39 is 114 Å². The van der Waals surface area contributed by atoms with Gasteiger partial charge in [0.2, 0.25) is 23.8 Å². The van der Waals surface area contributed by atoms with Crippen LogP contribution in [-0.4, -0.2) is 131 Å². The van der Waals surface area contributed by atoms with Crippen molar-refractivity contribution >= 4 is 11.0 Å². The van der Waals surface area contributed by atoms with Crippen LogP contribution in [0.4, 0.5) is 0 Å². The molecule has 3 aromatic rings. The topological polar surface area (TPSA) is 290 Å². The van der Waals surface area contributed by atoms with Crippen LogP contribution in [0.15, 0.2) is 39.5 Å². The van der Waals surface area contributed by atoms with Gasteiger partial charge in [-0.2, -0.15) is 0 Å². The van der Waals surface area contributed by atoms with Crippen LogP contribution in [0.5, 0.6) is 28.7 Å². The second kappa shape index (κ2) is 12.3. The van der Waals surface area contributed by atoms with Crippen molar-refractivity contribution in [2.75, 3.05) is 13.2 Å². The van der Waals surface area contributed by atoms with Crippen LogP contribution in [0.2, 0.25) is 0 Å². The Morgan fingerprint density at radius 1 is 0.659 bits per heavy atom. The second-order valence-electron chi connectivity index (χ2n) is 10.2. The molecule has 0 radical (unpaired) electrons. The number of hydrogen-bond donors (Lipinski definition) is 11. The van der Waals surface area contributed by atoms with E-state index in [0.29, 0.717) is 0 Å². The third-order valence-corrected chi connectivity index (χ3v) is 7.33. The van der Waals surface area contributed by atoms with Gasteiger partial charge in [-0.25, -0.2) is 0 Å². The quantitative estimate of drug-likeness (QED) is 0.116. The molecule has 3 heterocycles. The van der Waals surface area contributed by atoms with E-state index in [1.54, 1.807) is 0 Å². The van der Waals surface area contributed by atoms with E-state index in [0.717, 1.165) is 24.3 Å². The Morgan fingerprint density at radius 3 is 1.77 bits per heavy atom. The Hall–Kier alpha value is -3.75. The molecule has 5 rings (SSSR count). The molecule has 2 fully saturated rings. The Balaban J connectivity index is 1.60. The fourth-order valence-electron chi connectivity index (χ4n) is 4.87. The van der Waals surface area contributed by atoms with Crippen LogP contribution in [-0.2, 0) is 9.47 Å². The first-order valence-electron chi connectivity index (χ1n) is 13.2. The summed E-state index contributed by atoms with van der Waals surface area (Å²) in [5.41, 5.74) is -1.50. The van der Waals surface area contributed by atoms with E-state index in [4.69, 9.17) is 23.4 Å². The van der Waals surface area contributed by atoms with Crippen molar-refractivity contribution in [3.63, 3.8) is 0 Å². The number of benzene rings is 2. The van der Waals surface area contributed by atoms with Crippen LogP contribution >= 0.6 is 0 Å². The lowest BCUT2D eigenvalue weighted by atomic mass is 9.99. The maximum atomic E-state index is 13.7. The zero-order valence-corrected chi connectivity index (χ0v) is 22.4. The highest BCUT2D eigenvalue weighted by molar-refractivity contribution is 5.88. The van der Waals surface area contributed by atoms with Crippen molar-refractivity contribution in [3.05, 3.63) is 40.6 Å². The summed E-state index contributed by atoms with van der Waals surface area (Å²) in [5.74, 6) is -3.35. The molecule has 0 amide bonds. The Morgan fingerprint density at radius 2 is 1.23 bits per heavy atom. The zero-order chi connectivity index (χ0) is 32.0. The fraction of sp³-hybridized carbons (Fsp3) is 0.444. The van der Waals surface area contributed by atoms with Crippen LogP contribution in [0.25, 0.3) is 22.3 Å². The van der Waals surface area contributed by atoms with E-state index in [-0.39, 0.29) is 16.9 Å². The highest BCUT2D eigenvalue weighted by Crippen LogP contribution is 2.40. The molecule has 2 aliphatic rings. The van der Waals surface area contributed by atoms with E-state index >= 15 is 0 Å². The average molecular weight is 627 g/mol. The van der Waals surface area contributed by atoms with Gasteiger partial charge in [-0.1, -0.05) is 0 Å². The minimum absolute atomic E-state index is 0.0707. The largest absolute Gasteiger partial charge is 0.507 e. The van der Waals surface area contributed by atoms with Gasteiger partial charge in [-0.15, -0.1) is 0 Å². The third kappa shape index (κ3) is 5.61. The number of ether oxygens (including phenoxy) is 4. The summed E-state index contributed by atoms with van der Waals surface area (Å²) in [5, 5.41) is 110. The number of rotatable bonds is 7. The highest BCUT2D eigenvalue weighted by Gasteiger charge is 2.46. The minimum atomic E-state index is -1.94. The number of aromatic hydroxyl groups is 3. The van der Waals surface area contributed by atoms with Gasteiger partial charge in [0.25, 0.3) is 0 Å². The van der Waals surface area contributed by atoms with Crippen molar-refractivity contribution in [3.8, 4) is 40.1 Å². The Labute approximate surface area is 246 Å². The average Bonchev–Trinajstić information content (AvgIpc) is 2.99. The maximum Gasteiger partial charge on any atom is 0.239 e. The normalized spacial score (nSPS) is 32.5. The highest BCUT2D eigenvalue weighted by atomic mass is 16.7. The molecule has 1 aromatic heterocycles. The SMILES string of the molecule is O=c1c(O[C@H]2O[C@H](CO)[C@H](O)[C@@H](O)[C@H]2O)c(-c2ccc(O)c(O)c2)oc2cc(O[C@@H]3O[C@@H](CO)[C@H](O)[C@H](O)[C@H]3O)cc(O)c12. The molecule has 0 spiro atoms. The second-order valence-corrected chi connectivity index (χ2v) is 10.2. The molecule has 0 saturated carbocycles. The number of phenolic OH excluding ortho intramolecular Hbond substituents is 3. The first-order valence-corrected chi connectivity index (χ1v) is 13.2. The molecule has 0 aliphatic carbocycles. The van der Waals surface area contributed by atoms with Crippen LogP contribution in [0, 0.1) is 0 Å². The third-order valence-electron chi connectivity index (χ3n) is 7.33. The molecule has 240 valence electrons. The molecule has 17 nitrogen and oxygen atoms in total. The van der Waals surface area contributed by atoms with Crippen molar-refractivity contribution in [1.82, 2.24) is 0 Å². The summed E-state index contributed by atoms with van der Waals surface area (Å²) in [6.07, 6.45) is -17.0. The van der Waals surface area contributed by atoms with Crippen LogP contribution in [0.3, 0.4) is 0 Å². The standard InChI is InChI=1S/C27H30O17/c28-6-14-17(33)20(36)22(38)26(42-14)40-9-4-12(32)16-13(5-9)41-24(8-1-2-10(30)11(31)3-8)25(19(16)35)44-27-23(39)21(37)18(34)15(7-29)43-27/h1-5,14-15,17-18,20-23,26-34,36-39H,6-7H2/t14-,15+,17-,18-,20-,21+,22+,23+,26+,27+/m0/s1. The number of hydrogen-bond acceptors (Lipinski definition) is 17. The lowest BCUT2D eigenvalue weighted by Crippen LogP contribution is -2.60. The van der Waals surface area contributed by atoms with Crippen molar-refractivity contribution in [2.45, 2.75) is 61.4 Å². The summed E-state index contributed by atoms with van der Waals surface area (Å²) in [6.45, 7) is -1.53. The summed E-state index contributed by atoms with van der Waals surface area (Å²) in [4.78, 5) is 13.7. The van der Waals surface area contributed by atoms with E-state index in [1.165, 1.54) is 6.07 Å². The number of aliphatic hydroxyl groups excluding tert-OH is 8. The molecule has 2 aliphatic heterocycles. The van der Waals surface area contributed by atoms with Gasteiger partial charge in [0.05, 0.1) is 13.2 Å². The molecule has 0 unspecified atom stereocenters. The molecule has 17 heteroatoms. The Bertz CT molecular complexity index is 1550. The Kier molecular flexibility index (Phi) is 8.87. The number of fused-ring (bicyclic) bond motifs is 1. The first kappa shape index (κ1) is 31.7. The maximum absolute atomic E-state index is 13.7. The predicted octanol–water partition coefficient (Wildman–Crippen LogP) is -3.07. The monoisotopic (exact) mass is 626 g/mol. The molecular weight excluding hydrogens is 596 g/mol. The summed E-state index contributed by atoms with van der Waals surface area (Å²) in [7, 11) is 0. The molecule has 2 saturated heterocycles. The van der Waals surface area contributed by atoms with Crippen molar-refractivity contribution < 1.29 is 79.5 Å². The molecule has 11 N–H and O–H groups in total. The van der Waals surface area contributed by atoms with Gasteiger partial charge in [0.15, 0.2) is 17.3 Å². The summed E-state index contributed by atoms with van der Waals surface area (Å²) >= 11 is 0. The predicted molar refractivity (Wildman–Crippen MR) is 142 cm³/mol. The molecular formula is C27H30O17. The van der Waals surface area contributed by atoms with E-state index in [1.807, 2.05) is 0 Å². The van der Waals surface area contributed by atoms with E-state index in [2.05, 4.69) is 0 Å². The summed E-state index contributed by atoms with van der Waals surface area (Å²) in [6, 6.07) is 5.27. The molecule has 44 heavy (non-hydrogen) atoms. The van der Waals surface area contributed by atoms with Crippen molar-refractivity contribution in [2.24, 2.45) is 0 Å². The number of aliphatic hydroxyl groups is 8.